The van der Waals surface area contributed by atoms with Crippen LogP contribution in [0.1, 0.15) is 33.6 Å². The lowest BCUT2D eigenvalue weighted by atomic mass is 10.4. The average molecular weight is 164 g/mol. The molecule has 3 heteroatoms. The maximum atomic E-state index is 8.81. The SMILES string of the molecule is CC=O.CCCCO.CCO. The largest absolute Gasteiger partial charge is 0.397 e. The van der Waals surface area contributed by atoms with E-state index in [1.165, 1.54) is 6.92 Å². The second kappa shape index (κ2) is 33.6. The molecular weight excluding hydrogens is 144 g/mol. The van der Waals surface area contributed by atoms with Crippen LogP contribution < -0.4 is 0 Å². The molecule has 0 fully saturated rings. The van der Waals surface area contributed by atoms with Crippen molar-refractivity contribution in [2.45, 2.75) is 33.6 Å². The van der Waals surface area contributed by atoms with Crippen molar-refractivity contribution in [2.24, 2.45) is 0 Å². The Balaban J connectivity index is -0.0000000933. The van der Waals surface area contributed by atoms with Crippen LogP contribution in [0.2, 0.25) is 0 Å². The number of carbonyl (C=O) groups excluding carboxylic acids is 1. The molecule has 0 bridgehead atoms. The van der Waals surface area contributed by atoms with Crippen LogP contribution in [-0.4, -0.2) is 29.7 Å². The lowest BCUT2D eigenvalue weighted by Gasteiger charge is -1.79. The highest BCUT2D eigenvalue weighted by Crippen LogP contribution is 1.78. The molecule has 3 nitrogen and oxygen atoms in total. The third-order valence-corrected chi connectivity index (χ3v) is 0.512. The molecule has 70 valence electrons. The van der Waals surface area contributed by atoms with Gasteiger partial charge < -0.3 is 15.0 Å². The van der Waals surface area contributed by atoms with Gasteiger partial charge in [-0.15, -0.1) is 0 Å². The minimum absolute atomic E-state index is 0.250. The zero-order chi connectivity index (χ0) is 9.54. The van der Waals surface area contributed by atoms with Crippen LogP contribution in [0.5, 0.6) is 0 Å². The average Bonchev–Trinajstić information content (AvgIpc) is 1.92. The number of aliphatic hydroxyl groups is 2. The van der Waals surface area contributed by atoms with Crippen molar-refractivity contribution < 1.29 is 15.0 Å². The fourth-order valence-electron chi connectivity index (χ4n) is 0.158. The summed E-state index contributed by atoms with van der Waals surface area (Å²) in [7, 11) is 0. The molecule has 0 heterocycles. The predicted octanol–water partition coefficient (Wildman–Crippen LogP) is 0.983. The van der Waals surface area contributed by atoms with Crippen LogP contribution >= 0.6 is 0 Å². The first-order chi connectivity index (χ1) is 5.24. The zero-order valence-electron chi connectivity index (χ0n) is 7.71. The molecular formula is C8H20O3. The number of hydrogen-bond donors (Lipinski definition) is 2. The van der Waals surface area contributed by atoms with Gasteiger partial charge in [0.2, 0.25) is 0 Å². The molecule has 0 aliphatic rings. The Bertz CT molecular complexity index is 44.6. The molecule has 0 spiro atoms. The highest BCUT2D eigenvalue weighted by atomic mass is 16.3. The molecule has 0 rings (SSSR count). The molecule has 0 saturated carbocycles. The number of rotatable bonds is 2. The van der Waals surface area contributed by atoms with Gasteiger partial charge in [-0.25, -0.2) is 0 Å². The first-order valence-electron chi connectivity index (χ1n) is 3.86. The zero-order valence-corrected chi connectivity index (χ0v) is 7.71. The summed E-state index contributed by atoms with van der Waals surface area (Å²) >= 11 is 0. The van der Waals surface area contributed by atoms with Crippen molar-refractivity contribution in [1.29, 1.82) is 0 Å². The molecule has 0 radical (unpaired) electrons. The van der Waals surface area contributed by atoms with E-state index in [0.29, 0.717) is 6.61 Å². The van der Waals surface area contributed by atoms with Gasteiger partial charge in [-0.3, -0.25) is 0 Å². The first-order valence-corrected chi connectivity index (χ1v) is 3.86. The van der Waals surface area contributed by atoms with Gasteiger partial charge in [0.25, 0.3) is 0 Å². The lowest BCUT2D eigenvalue weighted by molar-refractivity contribution is -0.106. The summed E-state index contributed by atoms with van der Waals surface area (Å²) in [6, 6.07) is 0. The number of unbranched alkanes of at least 4 members (excludes halogenated alkanes) is 1. The molecule has 0 atom stereocenters. The Hall–Kier alpha value is -0.410. The highest BCUT2D eigenvalue weighted by Gasteiger charge is 1.69. The molecule has 0 saturated heterocycles. The van der Waals surface area contributed by atoms with Gasteiger partial charge in [0, 0.05) is 13.2 Å². The first kappa shape index (κ1) is 16.9. The van der Waals surface area contributed by atoms with Gasteiger partial charge in [-0.05, 0) is 20.3 Å². The standard InChI is InChI=1S/C4H10O.C2H6O.C2H4O/c1-2-3-4-5;2*1-2-3/h5H,2-4H2,1H3;3H,2H2,1H3;2H,1H3. The molecule has 0 aromatic carbocycles. The number of carbonyl (C=O) groups is 1. The van der Waals surface area contributed by atoms with Crippen LogP contribution in [0.4, 0.5) is 0 Å². The Morgan fingerprint density at radius 1 is 1.27 bits per heavy atom. The van der Waals surface area contributed by atoms with Crippen molar-refractivity contribution in [2.75, 3.05) is 13.2 Å². The van der Waals surface area contributed by atoms with E-state index in [-0.39, 0.29) is 6.61 Å². The van der Waals surface area contributed by atoms with Crippen LogP contribution in [0, 0.1) is 0 Å². The summed E-state index contributed by atoms with van der Waals surface area (Å²) in [5.74, 6) is 0. The van der Waals surface area contributed by atoms with E-state index in [2.05, 4.69) is 6.92 Å². The third kappa shape index (κ3) is 219. The van der Waals surface area contributed by atoms with E-state index >= 15 is 0 Å². The van der Waals surface area contributed by atoms with Crippen molar-refractivity contribution in [3.8, 4) is 0 Å². The van der Waals surface area contributed by atoms with Gasteiger partial charge in [0.1, 0.15) is 6.29 Å². The molecule has 0 aliphatic heterocycles. The Labute approximate surface area is 69.1 Å². The van der Waals surface area contributed by atoms with Crippen LogP contribution in [0.3, 0.4) is 0 Å². The second-order valence-corrected chi connectivity index (χ2v) is 1.63. The summed E-state index contributed by atoms with van der Waals surface area (Å²) in [6.07, 6.45) is 2.79. The smallest absolute Gasteiger partial charge is 0.116 e. The maximum Gasteiger partial charge on any atom is 0.116 e. The van der Waals surface area contributed by atoms with Gasteiger partial charge in [-0.1, -0.05) is 13.3 Å². The quantitative estimate of drug-likeness (QED) is 0.598. The summed E-state index contributed by atoms with van der Waals surface area (Å²) in [6.45, 7) is 5.77. The minimum Gasteiger partial charge on any atom is -0.397 e. The summed E-state index contributed by atoms with van der Waals surface area (Å²) in [4.78, 5) is 8.81. The third-order valence-electron chi connectivity index (χ3n) is 0.512. The molecule has 0 amide bonds. The Morgan fingerprint density at radius 3 is 1.55 bits per heavy atom. The van der Waals surface area contributed by atoms with Crippen molar-refractivity contribution >= 4 is 6.29 Å². The molecule has 0 aliphatic carbocycles. The monoisotopic (exact) mass is 164 g/mol. The molecule has 0 unspecified atom stereocenters. The van der Waals surface area contributed by atoms with E-state index in [1.807, 2.05) is 0 Å². The van der Waals surface area contributed by atoms with Crippen LogP contribution in [0.15, 0.2) is 0 Å². The summed E-state index contributed by atoms with van der Waals surface area (Å²) in [5.41, 5.74) is 0. The normalized spacial score (nSPS) is 6.64. The number of aldehydes is 1. The summed E-state index contributed by atoms with van der Waals surface area (Å²) < 4.78 is 0. The van der Waals surface area contributed by atoms with Gasteiger partial charge >= 0.3 is 0 Å². The lowest BCUT2D eigenvalue weighted by Crippen LogP contribution is -1.75. The van der Waals surface area contributed by atoms with Crippen LogP contribution in [0.25, 0.3) is 0 Å². The molecule has 11 heavy (non-hydrogen) atoms. The molecule has 2 N–H and O–H groups in total. The fourth-order valence-corrected chi connectivity index (χ4v) is 0.158. The topological polar surface area (TPSA) is 57.5 Å². The van der Waals surface area contributed by atoms with Crippen molar-refractivity contribution in [3.63, 3.8) is 0 Å². The predicted molar refractivity (Wildman–Crippen MR) is 46.5 cm³/mol. The van der Waals surface area contributed by atoms with Gasteiger partial charge in [0.15, 0.2) is 0 Å². The van der Waals surface area contributed by atoms with E-state index in [4.69, 9.17) is 15.0 Å². The van der Waals surface area contributed by atoms with E-state index in [1.54, 1.807) is 6.92 Å². The van der Waals surface area contributed by atoms with Crippen LogP contribution in [-0.2, 0) is 4.79 Å². The molecule has 0 aromatic heterocycles. The van der Waals surface area contributed by atoms with Crippen molar-refractivity contribution in [1.82, 2.24) is 0 Å². The Kier molecular flexibility index (Phi) is 51.6. The van der Waals surface area contributed by atoms with Crippen molar-refractivity contribution in [3.05, 3.63) is 0 Å². The van der Waals surface area contributed by atoms with E-state index in [9.17, 15) is 0 Å². The second-order valence-electron chi connectivity index (χ2n) is 1.63. The van der Waals surface area contributed by atoms with Gasteiger partial charge in [-0.2, -0.15) is 0 Å². The van der Waals surface area contributed by atoms with Gasteiger partial charge in [0.05, 0.1) is 0 Å². The fraction of sp³-hybridized carbons (Fsp3) is 0.875. The number of aliphatic hydroxyl groups excluding tert-OH is 2. The summed E-state index contributed by atoms with van der Waals surface area (Å²) in [5, 5.41) is 15.6. The Morgan fingerprint density at radius 2 is 1.55 bits per heavy atom. The maximum absolute atomic E-state index is 8.81. The minimum atomic E-state index is 0.250. The van der Waals surface area contributed by atoms with E-state index in [0.717, 1.165) is 19.1 Å². The molecule has 0 aromatic rings. The van der Waals surface area contributed by atoms with E-state index < -0.39 is 0 Å². The number of hydrogen-bond acceptors (Lipinski definition) is 3. The highest BCUT2D eigenvalue weighted by molar-refractivity contribution is 5.44.